The largest absolute Gasteiger partial charge is 0.480 e. The molecule has 0 aliphatic heterocycles. The van der Waals surface area contributed by atoms with Gasteiger partial charge in [-0.25, -0.2) is 0 Å². The van der Waals surface area contributed by atoms with Gasteiger partial charge in [0.2, 0.25) is 0 Å². The predicted molar refractivity (Wildman–Crippen MR) is 67.6 cm³/mol. The Balaban J connectivity index is 2.88. The van der Waals surface area contributed by atoms with E-state index in [0.29, 0.717) is 0 Å². The smallest absolute Gasteiger partial charge is 0.325 e. The summed E-state index contributed by atoms with van der Waals surface area (Å²) in [4.78, 5) is 11.0. The van der Waals surface area contributed by atoms with E-state index in [4.69, 9.17) is 16.1 Å². The first kappa shape index (κ1) is 12.9. The summed E-state index contributed by atoms with van der Waals surface area (Å²) in [6.45, 7) is 0. The topological polar surface area (TPSA) is 87.1 Å². The zero-order valence-corrected chi connectivity index (χ0v) is 10.6. The van der Waals surface area contributed by atoms with Crippen LogP contribution in [0.3, 0.4) is 0 Å². The van der Waals surface area contributed by atoms with Crippen LogP contribution in [0.5, 0.6) is 0 Å². The van der Waals surface area contributed by atoms with Gasteiger partial charge in [0.1, 0.15) is 5.54 Å². The van der Waals surface area contributed by atoms with Crippen molar-refractivity contribution in [1.82, 2.24) is 0 Å². The van der Waals surface area contributed by atoms with Crippen molar-refractivity contribution in [2.24, 2.45) is 5.73 Å². The van der Waals surface area contributed by atoms with Gasteiger partial charge in [0, 0.05) is 9.99 Å². The lowest BCUT2D eigenvalue weighted by molar-refractivity contribution is -0.143. The third-order valence-electron chi connectivity index (χ3n) is 2.25. The zero-order valence-electron chi connectivity index (χ0n) is 8.48. The summed E-state index contributed by atoms with van der Waals surface area (Å²) >= 11 is 2.16. The van der Waals surface area contributed by atoms with Crippen LogP contribution in [0.15, 0.2) is 24.3 Å². The fourth-order valence-corrected chi connectivity index (χ4v) is 1.68. The SMILES string of the molecule is N#CC[C@@](N)(Cc1ccc(I)cc1)C(=O)O. The molecule has 0 saturated heterocycles. The first-order valence-corrected chi connectivity index (χ1v) is 5.69. The molecule has 0 saturated carbocycles. The number of nitrogens with zero attached hydrogens (tertiary/aromatic N) is 1. The van der Waals surface area contributed by atoms with Crippen molar-refractivity contribution < 1.29 is 9.90 Å². The van der Waals surface area contributed by atoms with Crippen molar-refractivity contribution in [3.8, 4) is 6.07 Å². The summed E-state index contributed by atoms with van der Waals surface area (Å²) in [5, 5.41) is 17.6. The van der Waals surface area contributed by atoms with Crippen LogP contribution in [0.2, 0.25) is 0 Å². The van der Waals surface area contributed by atoms with Gasteiger partial charge >= 0.3 is 5.97 Å². The van der Waals surface area contributed by atoms with Gasteiger partial charge in [0.25, 0.3) is 0 Å². The van der Waals surface area contributed by atoms with E-state index in [9.17, 15) is 4.79 Å². The molecule has 84 valence electrons. The minimum Gasteiger partial charge on any atom is -0.480 e. The van der Waals surface area contributed by atoms with Crippen LogP contribution in [-0.4, -0.2) is 16.6 Å². The predicted octanol–water partition coefficient (Wildman–Crippen LogP) is 1.53. The summed E-state index contributed by atoms with van der Waals surface area (Å²) in [7, 11) is 0. The number of nitrogens with two attached hydrogens (primary N) is 1. The highest BCUT2D eigenvalue weighted by Crippen LogP contribution is 2.16. The maximum absolute atomic E-state index is 11.0. The second-order valence-corrected chi connectivity index (χ2v) is 4.85. The third-order valence-corrected chi connectivity index (χ3v) is 2.97. The Bertz CT molecular complexity index is 425. The van der Waals surface area contributed by atoms with Crippen LogP contribution in [0, 0.1) is 14.9 Å². The van der Waals surface area contributed by atoms with Gasteiger partial charge in [0.15, 0.2) is 0 Å². The molecule has 0 radical (unpaired) electrons. The Hall–Kier alpha value is -1.13. The average molecular weight is 330 g/mol. The van der Waals surface area contributed by atoms with Crippen molar-refractivity contribution in [3.05, 3.63) is 33.4 Å². The van der Waals surface area contributed by atoms with Gasteiger partial charge in [-0.05, 0) is 40.3 Å². The first-order valence-electron chi connectivity index (χ1n) is 4.61. The summed E-state index contributed by atoms with van der Waals surface area (Å²) in [5.41, 5.74) is 5.02. The molecule has 0 bridgehead atoms. The highest BCUT2D eigenvalue weighted by atomic mass is 127. The van der Waals surface area contributed by atoms with Gasteiger partial charge in [-0.2, -0.15) is 5.26 Å². The number of carboxylic acids is 1. The second kappa shape index (κ2) is 5.27. The minimum atomic E-state index is -1.50. The van der Waals surface area contributed by atoms with E-state index in [2.05, 4.69) is 22.6 Å². The maximum Gasteiger partial charge on any atom is 0.325 e. The molecule has 0 aliphatic rings. The Morgan fingerprint density at radius 1 is 1.50 bits per heavy atom. The van der Waals surface area contributed by atoms with E-state index in [1.54, 1.807) is 0 Å². The maximum atomic E-state index is 11.0. The lowest BCUT2D eigenvalue weighted by atomic mass is 9.89. The molecule has 3 N–H and O–H groups in total. The van der Waals surface area contributed by atoms with E-state index >= 15 is 0 Å². The molecule has 0 aliphatic carbocycles. The van der Waals surface area contributed by atoms with E-state index < -0.39 is 11.5 Å². The number of hydrogen-bond acceptors (Lipinski definition) is 3. The molecule has 0 aromatic heterocycles. The van der Waals surface area contributed by atoms with Gasteiger partial charge < -0.3 is 10.8 Å². The summed E-state index contributed by atoms with van der Waals surface area (Å²) in [6, 6.07) is 9.22. The number of benzene rings is 1. The molecule has 1 rings (SSSR count). The average Bonchev–Trinajstić information content (AvgIpc) is 2.22. The van der Waals surface area contributed by atoms with Crippen molar-refractivity contribution in [3.63, 3.8) is 0 Å². The Morgan fingerprint density at radius 2 is 2.06 bits per heavy atom. The van der Waals surface area contributed by atoms with Gasteiger partial charge in [-0.3, -0.25) is 4.79 Å². The lowest BCUT2D eigenvalue weighted by Gasteiger charge is -2.21. The highest BCUT2D eigenvalue weighted by molar-refractivity contribution is 14.1. The molecule has 1 aromatic rings. The van der Waals surface area contributed by atoms with Crippen molar-refractivity contribution in [2.75, 3.05) is 0 Å². The van der Waals surface area contributed by atoms with E-state index in [-0.39, 0.29) is 12.8 Å². The number of aliphatic carboxylic acids is 1. The van der Waals surface area contributed by atoms with Crippen LogP contribution in [0.25, 0.3) is 0 Å². The number of halogens is 1. The molecule has 4 nitrogen and oxygen atoms in total. The normalized spacial score (nSPS) is 13.8. The number of rotatable bonds is 4. The Labute approximate surface area is 107 Å². The quantitative estimate of drug-likeness (QED) is 0.820. The summed E-state index contributed by atoms with van der Waals surface area (Å²) in [5.74, 6) is -1.15. The van der Waals surface area contributed by atoms with Gasteiger partial charge in [0.05, 0.1) is 12.5 Å². The van der Waals surface area contributed by atoms with Crippen LogP contribution < -0.4 is 5.73 Å². The fourth-order valence-electron chi connectivity index (χ4n) is 1.32. The molecule has 5 heteroatoms. The van der Waals surface area contributed by atoms with Crippen LogP contribution in [-0.2, 0) is 11.2 Å². The Morgan fingerprint density at radius 3 is 2.50 bits per heavy atom. The number of carbonyl (C=O) groups is 1. The van der Waals surface area contributed by atoms with E-state index in [0.717, 1.165) is 9.13 Å². The third kappa shape index (κ3) is 3.18. The molecular formula is C11H11IN2O2. The molecule has 0 spiro atoms. The first-order chi connectivity index (χ1) is 7.48. The summed E-state index contributed by atoms with van der Waals surface area (Å²) in [6.07, 6.45) is -0.0405. The molecule has 0 unspecified atom stereocenters. The number of carboxylic acid groups (broad SMARTS) is 1. The van der Waals surface area contributed by atoms with Crippen molar-refractivity contribution in [1.29, 1.82) is 5.26 Å². The number of hydrogen-bond donors (Lipinski definition) is 2. The highest BCUT2D eigenvalue weighted by Gasteiger charge is 2.33. The molecule has 0 heterocycles. The molecule has 1 atom stereocenters. The van der Waals surface area contributed by atoms with Crippen LogP contribution in [0.4, 0.5) is 0 Å². The van der Waals surface area contributed by atoms with E-state index in [1.165, 1.54) is 0 Å². The molecule has 1 aromatic carbocycles. The molecule has 0 amide bonds. The molecule has 16 heavy (non-hydrogen) atoms. The van der Waals surface area contributed by atoms with Crippen LogP contribution >= 0.6 is 22.6 Å². The number of nitriles is 1. The van der Waals surface area contributed by atoms with Gasteiger partial charge in [-0.15, -0.1) is 0 Å². The fraction of sp³-hybridized carbons (Fsp3) is 0.273. The van der Waals surface area contributed by atoms with Crippen molar-refractivity contribution in [2.45, 2.75) is 18.4 Å². The molecular weight excluding hydrogens is 319 g/mol. The van der Waals surface area contributed by atoms with Gasteiger partial charge in [-0.1, -0.05) is 12.1 Å². The van der Waals surface area contributed by atoms with Crippen molar-refractivity contribution >= 4 is 28.6 Å². The summed E-state index contributed by atoms with van der Waals surface area (Å²) < 4.78 is 1.07. The van der Waals surface area contributed by atoms with E-state index in [1.807, 2.05) is 30.3 Å². The monoisotopic (exact) mass is 330 g/mol. The lowest BCUT2D eigenvalue weighted by Crippen LogP contribution is -2.49. The second-order valence-electron chi connectivity index (χ2n) is 3.60. The minimum absolute atomic E-state index is 0.160. The Kier molecular flexibility index (Phi) is 4.26. The standard InChI is InChI=1S/C11H11IN2O2/c12-9-3-1-8(2-4-9)7-11(14,5-6-13)10(15)16/h1-4H,5,7,14H2,(H,15,16)/t11-/m1/s1. The zero-order chi connectivity index (χ0) is 12.2. The van der Waals surface area contributed by atoms with Crippen LogP contribution in [0.1, 0.15) is 12.0 Å². The molecule has 0 fully saturated rings.